The summed E-state index contributed by atoms with van der Waals surface area (Å²) >= 11 is 0. The highest BCUT2D eigenvalue weighted by atomic mass is 19.1. The van der Waals surface area contributed by atoms with Crippen LogP contribution in [0.4, 0.5) is 4.39 Å². The lowest BCUT2D eigenvalue weighted by Gasteiger charge is -2.29. The summed E-state index contributed by atoms with van der Waals surface area (Å²) in [5.74, 6) is -6.38. The van der Waals surface area contributed by atoms with E-state index in [1.807, 2.05) is 0 Å². The van der Waals surface area contributed by atoms with Gasteiger partial charge in [0.15, 0.2) is 12.2 Å². The van der Waals surface area contributed by atoms with Crippen LogP contribution in [0.15, 0.2) is 91.9 Å². The average molecular weight is 605 g/mol. The van der Waals surface area contributed by atoms with Crippen LogP contribution in [0, 0.1) is 5.95 Å². The predicted octanol–water partition coefficient (Wildman–Crippen LogP) is 2.32. The summed E-state index contributed by atoms with van der Waals surface area (Å²) < 4.78 is 42.2. The molecule has 5 rings (SSSR count). The van der Waals surface area contributed by atoms with E-state index in [9.17, 15) is 23.9 Å². The van der Waals surface area contributed by atoms with Gasteiger partial charge in [-0.15, -0.1) is 0 Å². The van der Waals surface area contributed by atoms with Crippen LogP contribution in [-0.4, -0.2) is 80.3 Å². The Labute approximate surface area is 249 Å². The molecule has 4 unspecified atom stereocenters. The van der Waals surface area contributed by atoms with Gasteiger partial charge in [0.2, 0.25) is 11.7 Å². The van der Waals surface area contributed by atoms with Crippen molar-refractivity contribution in [3.8, 4) is 0 Å². The van der Waals surface area contributed by atoms with Crippen molar-refractivity contribution in [2.24, 2.45) is 0 Å². The van der Waals surface area contributed by atoms with E-state index in [1.165, 1.54) is 61.2 Å². The molecule has 1 aliphatic heterocycles. The third-order valence-corrected chi connectivity index (χ3v) is 6.39. The van der Waals surface area contributed by atoms with Crippen LogP contribution in [0.5, 0.6) is 0 Å². The van der Waals surface area contributed by atoms with Crippen molar-refractivity contribution >= 4 is 17.9 Å². The number of hydrogen-bond acceptors (Lipinski definition) is 13. The van der Waals surface area contributed by atoms with Crippen molar-refractivity contribution in [1.29, 1.82) is 0 Å². The molecule has 44 heavy (non-hydrogen) atoms. The lowest BCUT2D eigenvalue weighted by atomic mass is 10.0. The van der Waals surface area contributed by atoms with Gasteiger partial charge >= 0.3 is 17.9 Å². The van der Waals surface area contributed by atoms with Crippen LogP contribution < -0.4 is 0 Å². The van der Waals surface area contributed by atoms with Gasteiger partial charge in [0, 0.05) is 43.4 Å². The lowest BCUT2D eigenvalue weighted by Crippen LogP contribution is -2.50. The summed E-state index contributed by atoms with van der Waals surface area (Å²) in [6, 6.07) is 11.8. The molecule has 1 fully saturated rings. The summed E-state index contributed by atoms with van der Waals surface area (Å²) in [5.41, 5.74) is 0.289. The van der Waals surface area contributed by atoms with Gasteiger partial charge in [0.25, 0.3) is 0 Å². The Bertz CT molecular complexity index is 1580. The van der Waals surface area contributed by atoms with Crippen molar-refractivity contribution < 1.29 is 47.6 Å². The van der Waals surface area contributed by atoms with Crippen LogP contribution >= 0.6 is 0 Å². The van der Waals surface area contributed by atoms with Crippen LogP contribution in [0.3, 0.4) is 0 Å². The topological polar surface area (TPSA) is 169 Å². The molecule has 0 aromatic carbocycles. The van der Waals surface area contributed by atoms with Crippen LogP contribution in [0.1, 0.15) is 36.6 Å². The van der Waals surface area contributed by atoms with Crippen molar-refractivity contribution in [2.75, 3.05) is 13.2 Å². The highest BCUT2D eigenvalue weighted by molar-refractivity contribution is 5.90. The fraction of sp³-hybridized carbons (Fsp3) is 0.233. The number of hydrogen-bond donors (Lipinski definition) is 1. The molecule has 0 aliphatic carbocycles. The maximum absolute atomic E-state index is 14.1. The first-order chi connectivity index (χ1) is 21.3. The van der Waals surface area contributed by atoms with Crippen molar-refractivity contribution in [3.05, 3.63) is 120 Å². The Kier molecular flexibility index (Phi) is 9.54. The molecule has 4 aromatic heterocycles. The van der Waals surface area contributed by atoms with Crippen molar-refractivity contribution in [2.45, 2.75) is 30.7 Å². The van der Waals surface area contributed by atoms with E-state index >= 15 is 0 Å². The molecule has 0 bridgehead atoms. The van der Waals surface area contributed by atoms with Crippen molar-refractivity contribution in [1.82, 2.24) is 19.9 Å². The second-order valence-corrected chi connectivity index (χ2v) is 9.47. The van der Waals surface area contributed by atoms with E-state index in [-0.39, 0.29) is 17.7 Å². The van der Waals surface area contributed by atoms with Gasteiger partial charge < -0.3 is 28.8 Å². The summed E-state index contributed by atoms with van der Waals surface area (Å²) in [6.07, 6.45) is 5.05. The molecule has 13 nitrogen and oxygen atoms in total. The minimum atomic E-state index is -2.41. The van der Waals surface area contributed by atoms with Gasteiger partial charge in [-0.25, -0.2) is 19.4 Å². The second kappa shape index (κ2) is 13.9. The number of pyridine rings is 4. The van der Waals surface area contributed by atoms with E-state index in [1.54, 1.807) is 24.5 Å². The Morgan fingerprint density at radius 3 is 2.09 bits per heavy atom. The summed E-state index contributed by atoms with van der Waals surface area (Å²) in [6.45, 7) is -1.23. The number of ether oxygens (including phenoxy) is 5. The zero-order valence-electron chi connectivity index (χ0n) is 22.9. The Morgan fingerprint density at radius 2 is 1.48 bits per heavy atom. The molecular formula is C30H25FN4O9. The number of carbonyl (C=O) groups excluding carboxylic acids is 3. The van der Waals surface area contributed by atoms with E-state index in [4.69, 9.17) is 23.7 Å². The normalized spacial score (nSPS) is 20.9. The molecule has 5 heterocycles. The second-order valence-electron chi connectivity index (χ2n) is 9.47. The summed E-state index contributed by atoms with van der Waals surface area (Å²) in [7, 11) is 0. The number of nitrogens with zero attached hydrogens (tertiary/aromatic N) is 4. The molecule has 1 N–H and O–H groups in total. The number of esters is 3. The zero-order chi connectivity index (χ0) is 30.9. The molecule has 14 heteroatoms. The minimum Gasteiger partial charge on any atom is -0.459 e. The fourth-order valence-corrected chi connectivity index (χ4v) is 4.30. The highest BCUT2D eigenvalue weighted by Crippen LogP contribution is 2.36. The molecule has 0 amide bonds. The maximum Gasteiger partial charge on any atom is 0.342 e. The number of aliphatic hydroxyl groups is 1. The van der Waals surface area contributed by atoms with E-state index in [2.05, 4.69) is 19.9 Å². The molecule has 4 atom stereocenters. The van der Waals surface area contributed by atoms with Gasteiger partial charge in [0.1, 0.15) is 24.9 Å². The van der Waals surface area contributed by atoms with Crippen LogP contribution in [0.2, 0.25) is 0 Å². The van der Waals surface area contributed by atoms with Crippen LogP contribution in [-0.2, 0) is 30.3 Å². The first kappa shape index (κ1) is 30.3. The Balaban J connectivity index is 1.43. The third-order valence-electron chi connectivity index (χ3n) is 6.39. The van der Waals surface area contributed by atoms with Gasteiger partial charge in [-0.05, 0) is 48.0 Å². The van der Waals surface area contributed by atoms with E-state index in [0.29, 0.717) is 5.56 Å². The highest BCUT2D eigenvalue weighted by Gasteiger charge is 2.59. The van der Waals surface area contributed by atoms with Crippen LogP contribution in [0.25, 0.3) is 0 Å². The lowest BCUT2D eigenvalue weighted by molar-refractivity contribution is -0.256. The molecule has 1 aliphatic rings. The molecular weight excluding hydrogens is 579 g/mol. The van der Waals surface area contributed by atoms with Crippen molar-refractivity contribution in [3.63, 3.8) is 0 Å². The van der Waals surface area contributed by atoms with E-state index < -0.39 is 66.7 Å². The summed E-state index contributed by atoms with van der Waals surface area (Å²) in [5, 5.41) is 11.7. The minimum absolute atomic E-state index is 0.0111. The number of carbonyl (C=O) groups is 3. The van der Waals surface area contributed by atoms with E-state index in [0.717, 1.165) is 6.20 Å². The molecule has 0 saturated carbocycles. The monoisotopic (exact) mass is 604 g/mol. The molecule has 0 spiro atoms. The predicted molar refractivity (Wildman–Crippen MR) is 145 cm³/mol. The molecule has 4 aromatic rings. The summed E-state index contributed by atoms with van der Waals surface area (Å²) in [4.78, 5) is 54.1. The number of aromatic nitrogens is 4. The van der Waals surface area contributed by atoms with Gasteiger partial charge in [-0.3, -0.25) is 15.0 Å². The van der Waals surface area contributed by atoms with Gasteiger partial charge in [0.05, 0.1) is 17.7 Å². The van der Waals surface area contributed by atoms with Gasteiger partial charge in [-0.2, -0.15) is 4.39 Å². The largest absolute Gasteiger partial charge is 0.459 e. The molecule has 226 valence electrons. The third kappa shape index (κ3) is 7.23. The quantitative estimate of drug-likeness (QED) is 0.150. The number of halogens is 1. The maximum atomic E-state index is 14.1. The first-order valence-corrected chi connectivity index (χ1v) is 13.2. The fourth-order valence-electron chi connectivity index (χ4n) is 4.30. The SMILES string of the molecule is O=C(OC1C(COC(=O)c2cccnc2F)OC(O)(COCc2cccnc2)C1OC(=O)c1cccnc1)c1cccnc1. The Morgan fingerprint density at radius 1 is 0.841 bits per heavy atom. The molecule has 0 radical (unpaired) electrons. The smallest absolute Gasteiger partial charge is 0.342 e. The first-order valence-electron chi connectivity index (χ1n) is 13.2. The Hall–Kier alpha value is -5.18. The average Bonchev–Trinajstić information content (AvgIpc) is 3.30. The van der Waals surface area contributed by atoms with Gasteiger partial charge in [-0.1, -0.05) is 6.07 Å². The standard InChI is InChI=1S/C30H25FN4O9/c31-26-22(8-4-12-35-26)29(38)41-17-23-24(42-27(36)20-6-2-10-33-14-20)25(43-28(37)21-7-3-11-34-15-21)30(39,44-23)18-40-16-19-5-1-9-32-13-19/h1-15,23-25,39H,16-18H2. The molecule has 1 saturated heterocycles. The number of rotatable bonds is 11. The zero-order valence-corrected chi connectivity index (χ0v) is 22.9.